The maximum Gasteiger partial charge on any atom is 0.249 e. The number of hydrogen-bond acceptors (Lipinski definition) is 3. The Morgan fingerprint density at radius 2 is 1.70 bits per heavy atom. The summed E-state index contributed by atoms with van der Waals surface area (Å²) >= 11 is 0. The van der Waals surface area contributed by atoms with Crippen LogP contribution in [0.2, 0.25) is 0 Å². The maximum atomic E-state index is 12.0. The number of benzene rings is 2. The van der Waals surface area contributed by atoms with Crippen molar-refractivity contribution in [2.45, 2.75) is 6.92 Å². The molecular weight excluding hydrogens is 254 g/mol. The van der Waals surface area contributed by atoms with Gasteiger partial charge in [-0.3, -0.25) is 9.59 Å². The molecule has 2 rings (SSSR count). The highest BCUT2D eigenvalue weighted by Gasteiger charge is 2.21. The molecule has 0 aliphatic rings. The molecule has 0 aromatic heterocycles. The SMILES string of the molecule is COc1ccc(C(N)=O)c(C(C)=O)c1-c1ccccc1. The highest BCUT2D eigenvalue weighted by Crippen LogP contribution is 2.35. The number of rotatable bonds is 4. The molecule has 20 heavy (non-hydrogen) atoms. The Labute approximate surface area is 117 Å². The van der Waals surface area contributed by atoms with Gasteiger partial charge in [0.2, 0.25) is 5.91 Å². The van der Waals surface area contributed by atoms with Crippen LogP contribution in [0.4, 0.5) is 0 Å². The van der Waals surface area contributed by atoms with Gasteiger partial charge in [-0.2, -0.15) is 0 Å². The second-order valence-electron chi connectivity index (χ2n) is 4.35. The molecule has 0 heterocycles. The molecule has 1 amide bonds. The number of ether oxygens (including phenoxy) is 1. The predicted octanol–water partition coefficient (Wildman–Crippen LogP) is 2.66. The number of primary amides is 1. The number of hydrogen-bond donors (Lipinski definition) is 1. The van der Waals surface area contributed by atoms with Crippen molar-refractivity contribution >= 4 is 11.7 Å². The third-order valence-corrected chi connectivity index (χ3v) is 3.07. The summed E-state index contributed by atoms with van der Waals surface area (Å²) in [6.45, 7) is 1.41. The first kappa shape index (κ1) is 13.8. The molecule has 2 N–H and O–H groups in total. The van der Waals surface area contributed by atoms with E-state index in [1.165, 1.54) is 20.1 Å². The molecule has 0 bridgehead atoms. The van der Waals surface area contributed by atoms with E-state index in [-0.39, 0.29) is 11.3 Å². The molecule has 2 aromatic rings. The van der Waals surface area contributed by atoms with Gasteiger partial charge in [0.05, 0.1) is 12.7 Å². The van der Waals surface area contributed by atoms with Gasteiger partial charge in [-0.25, -0.2) is 0 Å². The molecule has 0 saturated carbocycles. The van der Waals surface area contributed by atoms with E-state index in [1.807, 2.05) is 30.3 Å². The lowest BCUT2D eigenvalue weighted by Gasteiger charge is -2.15. The average molecular weight is 269 g/mol. The van der Waals surface area contributed by atoms with Gasteiger partial charge >= 0.3 is 0 Å². The van der Waals surface area contributed by atoms with E-state index >= 15 is 0 Å². The summed E-state index contributed by atoms with van der Waals surface area (Å²) in [5.41, 5.74) is 7.26. The zero-order valence-electron chi connectivity index (χ0n) is 11.3. The predicted molar refractivity (Wildman–Crippen MR) is 77.0 cm³/mol. The molecule has 4 heteroatoms. The molecule has 0 atom stereocenters. The molecule has 0 spiro atoms. The van der Waals surface area contributed by atoms with E-state index in [9.17, 15) is 9.59 Å². The van der Waals surface area contributed by atoms with Crippen LogP contribution in [0.1, 0.15) is 27.6 Å². The normalized spacial score (nSPS) is 10.1. The van der Waals surface area contributed by atoms with Crippen LogP contribution < -0.4 is 10.5 Å². The number of carbonyl (C=O) groups excluding carboxylic acids is 2. The minimum atomic E-state index is -0.630. The van der Waals surface area contributed by atoms with Crippen LogP contribution in [0, 0.1) is 0 Å². The average Bonchev–Trinajstić information content (AvgIpc) is 2.46. The first-order valence-electron chi connectivity index (χ1n) is 6.13. The van der Waals surface area contributed by atoms with Gasteiger partial charge in [0.25, 0.3) is 0 Å². The van der Waals surface area contributed by atoms with Gasteiger partial charge in [0.1, 0.15) is 5.75 Å². The Hall–Kier alpha value is -2.62. The van der Waals surface area contributed by atoms with Crippen molar-refractivity contribution in [1.82, 2.24) is 0 Å². The van der Waals surface area contributed by atoms with E-state index in [0.717, 1.165) is 5.56 Å². The van der Waals surface area contributed by atoms with Crippen LogP contribution in [0.3, 0.4) is 0 Å². The van der Waals surface area contributed by atoms with Gasteiger partial charge in [0, 0.05) is 11.1 Å². The second kappa shape index (κ2) is 5.57. The van der Waals surface area contributed by atoms with Crippen molar-refractivity contribution in [2.24, 2.45) is 5.73 Å². The fourth-order valence-corrected chi connectivity index (χ4v) is 2.22. The molecule has 0 aliphatic heterocycles. The topological polar surface area (TPSA) is 69.4 Å². The third kappa shape index (κ3) is 2.40. The van der Waals surface area contributed by atoms with Crippen molar-refractivity contribution in [3.63, 3.8) is 0 Å². The van der Waals surface area contributed by atoms with Gasteiger partial charge < -0.3 is 10.5 Å². The summed E-state index contributed by atoms with van der Waals surface area (Å²) in [7, 11) is 1.52. The number of Topliss-reactive ketones (excluding diaryl/α,β-unsaturated/α-hetero) is 1. The van der Waals surface area contributed by atoms with Crippen molar-refractivity contribution in [3.05, 3.63) is 53.6 Å². The molecule has 0 aliphatic carbocycles. The van der Waals surface area contributed by atoms with Crippen LogP contribution in [0.15, 0.2) is 42.5 Å². The maximum absolute atomic E-state index is 12.0. The summed E-state index contributed by atoms with van der Waals surface area (Å²) in [6, 6.07) is 12.5. The minimum Gasteiger partial charge on any atom is -0.496 e. The zero-order valence-corrected chi connectivity index (χ0v) is 11.3. The number of methoxy groups -OCH3 is 1. The summed E-state index contributed by atoms with van der Waals surface area (Å²) in [5, 5.41) is 0. The number of nitrogens with two attached hydrogens (primary N) is 1. The smallest absolute Gasteiger partial charge is 0.249 e. The first-order chi connectivity index (χ1) is 9.56. The lowest BCUT2D eigenvalue weighted by molar-refractivity contribution is 0.0973. The van der Waals surface area contributed by atoms with Crippen molar-refractivity contribution in [2.75, 3.05) is 7.11 Å². The van der Waals surface area contributed by atoms with E-state index in [0.29, 0.717) is 16.9 Å². The molecular formula is C16H15NO3. The van der Waals surface area contributed by atoms with Crippen molar-refractivity contribution < 1.29 is 14.3 Å². The van der Waals surface area contributed by atoms with Crippen molar-refractivity contribution in [1.29, 1.82) is 0 Å². The first-order valence-corrected chi connectivity index (χ1v) is 6.13. The van der Waals surface area contributed by atoms with Crippen LogP contribution in [-0.4, -0.2) is 18.8 Å². The summed E-state index contributed by atoms with van der Waals surface area (Å²) < 4.78 is 5.32. The largest absolute Gasteiger partial charge is 0.496 e. The Balaban J connectivity index is 2.85. The Bertz CT molecular complexity index is 663. The Morgan fingerprint density at radius 1 is 1.05 bits per heavy atom. The summed E-state index contributed by atoms with van der Waals surface area (Å²) in [4.78, 5) is 23.5. The third-order valence-electron chi connectivity index (χ3n) is 3.07. The van der Waals surface area contributed by atoms with Crippen molar-refractivity contribution in [3.8, 4) is 16.9 Å². The van der Waals surface area contributed by atoms with E-state index in [4.69, 9.17) is 10.5 Å². The Morgan fingerprint density at radius 3 is 2.20 bits per heavy atom. The fourth-order valence-electron chi connectivity index (χ4n) is 2.22. The van der Waals surface area contributed by atoms with Gasteiger partial charge in [-0.15, -0.1) is 0 Å². The number of ketones is 1. The van der Waals surface area contributed by atoms with Crippen LogP contribution in [0.5, 0.6) is 5.75 Å². The lowest BCUT2D eigenvalue weighted by Crippen LogP contribution is -2.16. The lowest BCUT2D eigenvalue weighted by atomic mass is 9.92. The molecule has 0 unspecified atom stereocenters. The molecule has 0 fully saturated rings. The van der Waals surface area contributed by atoms with Gasteiger partial charge in [-0.05, 0) is 24.6 Å². The minimum absolute atomic E-state index is 0.206. The quantitative estimate of drug-likeness (QED) is 0.867. The monoisotopic (exact) mass is 269 g/mol. The fraction of sp³-hybridized carbons (Fsp3) is 0.125. The molecule has 2 aromatic carbocycles. The van der Waals surface area contributed by atoms with Crippen LogP contribution in [-0.2, 0) is 0 Å². The molecule has 0 saturated heterocycles. The summed E-state index contributed by atoms with van der Waals surface area (Å²) in [6.07, 6.45) is 0. The summed E-state index contributed by atoms with van der Waals surface area (Å²) in [5.74, 6) is -0.321. The molecule has 4 nitrogen and oxygen atoms in total. The van der Waals surface area contributed by atoms with E-state index < -0.39 is 5.91 Å². The number of amides is 1. The van der Waals surface area contributed by atoms with Crippen LogP contribution in [0.25, 0.3) is 11.1 Å². The highest BCUT2D eigenvalue weighted by atomic mass is 16.5. The number of carbonyl (C=O) groups is 2. The Kier molecular flexibility index (Phi) is 3.84. The van der Waals surface area contributed by atoms with E-state index in [2.05, 4.69) is 0 Å². The standard InChI is InChI=1S/C16H15NO3/c1-10(18)14-12(16(17)19)8-9-13(20-2)15(14)11-6-4-3-5-7-11/h3-9H,1-2H3,(H2,17,19). The van der Waals surface area contributed by atoms with Gasteiger partial charge in [0.15, 0.2) is 5.78 Å². The highest BCUT2D eigenvalue weighted by molar-refractivity contribution is 6.11. The van der Waals surface area contributed by atoms with Gasteiger partial charge in [-0.1, -0.05) is 30.3 Å². The molecule has 102 valence electrons. The molecule has 0 radical (unpaired) electrons. The second-order valence-corrected chi connectivity index (χ2v) is 4.35. The van der Waals surface area contributed by atoms with Crippen LogP contribution >= 0.6 is 0 Å². The zero-order chi connectivity index (χ0) is 14.7. The van der Waals surface area contributed by atoms with E-state index in [1.54, 1.807) is 6.07 Å².